The zero-order valence-corrected chi connectivity index (χ0v) is 26.4. The third kappa shape index (κ3) is 4.59. The van der Waals surface area contributed by atoms with Gasteiger partial charge in [0.15, 0.2) is 10.8 Å². The summed E-state index contributed by atoms with van der Waals surface area (Å²) in [5, 5.41) is 19.2. The van der Waals surface area contributed by atoms with Gasteiger partial charge in [0.05, 0.1) is 28.3 Å². The largest absolute Gasteiger partial charge is 0.478 e. The normalized spacial score (nSPS) is 23.7. The van der Waals surface area contributed by atoms with Gasteiger partial charge in [0.25, 0.3) is 0 Å². The van der Waals surface area contributed by atoms with Gasteiger partial charge in [-0.05, 0) is 80.4 Å². The summed E-state index contributed by atoms with van der Waals surface area (Å²) >= 11 is 1.54. The molecule has 4 aliphatic rings. The summed E-state index contributed by atoms with van der Waals surface area (Å²) in [6.07, 6.45) is 18.3. The first kappa shape index (κ1) is 27.7. The Balaban J connectivity index is 1.01. The maximum atomic E-state index is 12.8. The highest BCUT2D eigenvalue weighted by atomic mass is 32.1. The Bertz CT molecular complexity index is 2080. The van der Waals surface area contributed by atoms with Gasteiger partial charge >= 0.3 is 5.97 Å². The molecule has 4 fully saturated rings. The zero-order valence-electron chi connectivity index (χ0n) is 25.6. The van der Waals surface area contributed by atoms with Crippen molar-refractivity contribution in [3.63, 3.8) is 0 Å². The van der Waals surface area contributed by atoms with E-state index in [1.54, 1.807) is 23.0 Å². The van der Waals surface area contributed by atoms with Crippen LogP contribution in [0.2, 0.25) is 0 Å². The molecule has 0 aliphatic heterocycles. The first-order chi connectivity index (χ1) is 22.4. The molecule has 5 heterocycles. The third-order valence-corrected chi connectivity index (χ3v) is 11.7. The Morgan fingerprint density at radius 2 is 1.74 bits per heavy atom. The monoisotopic (exact) mass is 630 g/mol. The average Bonchev–Trinajstić information content (AvgIpc) is 3.71. The minimum Gasteiger partial charge on any atom is -0.478 e. The van der Waals surface area contributed by atoms with Gasteiger partial charge in [0.1, 0.15) is 5.56 Å². The van der Waals surface area contributed by atoms with Crippen LogP contribution in [0.3, 0.4) is 0 Å². The lowest BCUT2D eigenvalue weighted by molar-refractivity contribution is 0.0169. The van der Waals surface area contributed by atoms with Gasteiger partial charge < -0.3 is 10.4 Å². The van der Waals surface area contributed by atoms with Crippen molar-refractivity contribution in [3.05, 3.63) is 72.6 Å². The molecule has 1 aromatic carbocycles. The number of imidazole rings is 1. The highest BCUT2D eigenvalue weighted by molar-refractivity contribution is 7.22. The lowest BCUT2D eigenvalue weighted by Gasteiger charge is -2.48. The highest BCUT2D eigenvalue weighted by Gasteiger charge is 2.48. The summed E-state index contributed by atoms with van der Waals surface area (Å²) in [5.74, 6) is 1.99. The highest BCUT2D eigenvalue weighted by Crippen LogP contribution is 2.58. The smallest absolute Gasteiger partial charge is 0.340 e. The standard InChI is InChI=1S/C35H34N8O2S/c1-20-26(17-39-43(20)19-35-12-21-6-7-22(13-35)11-23(10-21)14-35)25-8-9-42-28(18-36-31(42)30(25)32(44)45)24-15-37-33(38-16-24)41-34-40-27-4-2-3-5-29(27)46-34/h2-5,8-9,15-18,21-23H,6-7,10-14,19H2,1H3,(H,44,45)(H,37,38,40,41). The fraction of sp³-hybridized carbons (Fsp3) is 0.371. The quantitative estimate of drug-likeness (QED) is 0.185. The van der Waals surface area contributed by atoms with Crippen LogP contribution in [0, 0.1) is 30.1 Å². The first-order valence-electron chi connectivity index (χ1n) is 16.1. The molecule has 0 amide bonds. The summed E-state index contributed by atoms with van der Waals surface area (Å²) in [5.41, 5.74) is 5.71. The van der Waals surface area contributed by atoms with E-state index >= 15 is 0 Å². The van der Waals surface area contributed by atoms with Gasteiger partial charge in [-0.2, -0.15) is 5.10 Å². The maximum Gasteiger partial charge on any atom is 0.340 e. The summed E-state index contributed by atoms with van der Waals surface area (Å²) < 4.78 is 5.03. The molecule has 4 saturated carbocycles. The van der Waals surface area contributed by atoms with Crippen LogP contribution in [-0.4, -0.2) is 45.2 Å². The van der Waals surface area contributed by atoms with Crippen LogP contribution >= 0.6 is 11.3 Å². The number of carbonyl (C=O) groups is 1. The van der Waals surface area contributed by atoms with Crippen LogP contribution in [0.15, 0.2) is 61.3 Å². The molecule has 46 heavy (non-hydrogen) atoms. The minimum atomic E-state index is -1.02. The number of hydrogen-bond donors (Lipinski definition) is 2. The molecule has 0 spiro atoms. The first-order valence-corrected chi connectivity index (χ1v) is 16.9. The number of hydrogen-bond acceptors (Lipinski definition) is 8. The number of fused-ring (bicyclic) bond motifs is 3. The number of pyridine rings is 1. The predicted octanol–water partition coefficient (Wildman–Crippen LogP) is 7.62. The predicted molar refractivity (Wildman–Crippen MR) is 177 cm³/mol. The molecule has 4 bridgehead atoms. The Kier molecular flexibility index (Phi) is 6.28. The number of aromatic carboxylic acids is 1. The molecule has 6 aromatic rings. The van der Waals surface area contributed by atoms with Crippen molar-refractivity contribution in [1.29, 1.82) is 0 Å². The van der Waals surface area contributed by atoms with Crippen molar-refractivity contribution in [2.75, 3.05) is 5.32 Å². The van der Waals surface area contributed by atoms with E-state index in [4.69, 9.17) is 5.10 Å². The number of carboxylic acid groups (broad SMARTS) is 1. The van der Waals surface area contributed by atoms with Crippen LogP contribution in [-0.2, 0) is 6.54 Å². The van der Waals surface area contributed by atoms with Gasteiger partial charge in [0.2, 0.25) is 5.95 Å². The molecule has 10 nitrogen and oxygen atoms in total. The molecule has 2 N–H and O–H groups in total. The SMILES string of the molecule is Cc1c(-c2ccn3c(-c4cnc(Nc5nc6ccccc6s5)nc4)cnc3c2C(=O)O)cnn1CC12CC3CCC(CC(C3)C1)C2. The lowest BCUT2D eigenvalue weighted by atomic mass is 9.58. The third-order valence-electron chi connectivity index (χ3n) is 10.7. The lowest BCUT2D eigenvalue weighted by Crippen LogP contribution is -2.40. The molecule has 0 saturated heterocycles. The van der Waals surface area contributed by atoms with Gasteiger partial charge in [-0.25, -0.2) is 24.7 Å². The van der Waals surface area contributed by atoms with Gasteiger partial charge in [0, 0.05) is 47.5 Å². The van der Waals surface area contributed by atoms with E-state index in [0.717, 1.165) is 56.5 Å². The molecule has 232 valence electrons. The van der Waals surface area contributed by atoms with Crippen LogP contribution < -0.4 is 5.32 Å². The van der Waals surface area contributed by atoms with E-state index in [9.17, 15) is 9.90 Å². The average molecular weight is 631 g/mol. The van der Waals surface area contributed by atoms with E-state index < -0.39 is 5.97 Å². The number of thiazole rings is 1. The van der Waals surface area contributed by atoms with Crippen molar-refractivity contribution in [2.24, 2.45) is 23.2 Å². The van der Waals surface area contributed by atoms with Crippen LogP contribution in [0.4, 0.5) is 11.1 Å². The molecular formula is C35H34N8O2S. The van der Waals surface area contributed by atoms with Crippen molar-refractivity contribution < 1.29 is 9.90 Å². The molecule has 10 rings (SSSR count). The van der Waals surface area contributed by atoms with Crippen LogP contribution in [0.5, 0.6) is 0 Å². The Labute approximate surface area is 269 Å². The van der Waals surface area contributed by atoms with Crippen molar-refractivity contribution in [3.8, 4) is 22.4 Å². The van der Waals surface area contributed by atoms with E-state index in [2.05, 4.69) is 36.9 Å². The van der Waals surface area contributed by atoms with Crippen LogP contribution in [0.1, 0.15) is 61.0 Å². The molecule has 4 aliphatic carbocycles. The number of aromatic nitrogens is 7. The number of benzene rings is 1. The molecule has 5 aromatic heterocycles. The maximum absolute atomic E-state index is 12.8. The minimum absolute atomic E-state index is 0.165. The topological polar surface area (TPSA) is 123 Å². The second-order valence-corrected chi connectivity index (χ2v) is 14.7. The van der Waals surface area contributed by atoms with Gasteiger partial charge in [-0.3, -0.25) is 9.08 Å². The van der Waals surface area contributed by atoms with Crippen LogP contribution in [0.25, 0.3) is 38.2 Å². The Morgan fingerprint density at radius 3 is 2.50 bits per heavy atom. The molecule has 11 heteroatoms. The second kappa shape index (κ2) is 10.4. The number of carboxylic acids is 1. The summed E-state index contributed by atoms with van der Waals surface area (Å²) in [6, 6.07) is 9.82. The van der Waals surface area contributed by atoms with Gasteiger partial charge in [-0.15, -0.1) is 0 Å². The summed E-state index contributed by atoms with van der Waals surface area (Å²) in [4.78, 5) is 31.0. The van der Waals surface area contributed by atoms with E-state index in [0.29, 0.717) is 28.3 Å². The molecule has 2 unspecified atom stereocenters. The van der Waals surface area contributed by atoms with Crippen molar-refractivity contribution in [1.82, 2.24) is 34.1 Å². The second-order valence-electron chi connectivity index (χ2n) is 13.7. The molecule has 2 atom stereocenters. The fourth-order valence-electron chi connectivity index (χ4n) is 9.00. The van der Waals surface area contributed by atoms with E-state index in [-0.39, 0.29) is 5.56 Å². The molecule has 0 radical (unpaired) electrons. The number of anilines is 2. The number of para-hydroxylation sites is 1. The van der Waals surface area contributed by atoms with Gasteiger partial charge in [-0.1, -0.05) is 36.3 Å². The number of rotatable bonds is 7. The zero-order chi connectivity index (χ0) is 31.0. The Hall–Kier alpha value is -4.64. The van der Waals surface area contributed by atoms with Crippen molar-refractivity contribution in [2.45, 2.75) is 58.4 Å². The number of nitrogens with zero attached hydrogens (tertiary/aromatic N) is 7. The number of nitrogens with one attached hydrogen (secondary N) is 1. The molecular weight excluding hydrogens is 597 g/mol. The van der Waals surface area contributed by atoms with E-state index in [1.165, 1.54) is 56.3 Å². The summed E-state index contributed by atoms with van der Waals surface area (Å²) in [7, 11) is 0. The Morgan fingerprint density at radius 1 is 0.978 bits per heavy atom. The van der Waals surface area contributed by atoms with Crippen molar-refractivity contribution >= 4 is 44.2 Å². The summed E-state index contributed by atoms with van der Waals surface area (Å²) in [6.45, 7) is 3.00. The fourth-order valence-corrected chi connectivity index (χ4v) is 9.86. The van der Waals surface area contributed by atoms with E-state index in [1.807, 2.05) is 42.7 Å².